The number of carbonyl (C=O) groups excluding carboxylic acids is 5. The van der Waals surface area contributed by atoms with Gasteiger partial charge in [0.1, 0.15) is 18.1 Å². The number of imidazole rings is 1. The van der Waals surface area contributed by atoms with E-state index in [0.717, 1.165) is 0 Å². The molecule has 1 heterocycles. The van der Waals surface area contributed by atoms with Crippen LogP contribution in [-0.4, -0.2) is 87.3 Å². The van der Waals surface area contributed by atoms with Crippen molar-refractivity contribution >= 4 is 41.5 Å². The third-order valence-electron chi connectivity index (χ3n) is 5.24. The van der Waals surface area contributed by atoms with Crippen LogP contribution in [0.5, 0.6) is 0 Å². The smallest absolute Gasteiger partial charge is 0.326 e. The van der Waals surface area contributed by atoms with Crippen LogP contribution in [-0.2, 0) is 35.2 Å². The number of hydrogen-bond acceptors (Lipinski definition) is 9. The van der Waals surface area contributed by atoms with Crippen molar-refractivity contribution in [1.82, 2.24) is 25.9 Å². The molecule has 0 spiro atoms. The lowest BCUT2D eigenvalue weighted by molar-refractivity contribution is -0.142. The van der Waals surface area contributed by atoms with Gasteiger partial charge in [-0.3, -0.25) is 29.0 Å². The molecule has 216 valence electrons. The van der Waals surface area contributed by atoms with Crippen LogP contribution in [0.1, 0.15) is 37.8 Å². The fourth-order valence-corrected chi connectivity index (χ4v) is 3.28. The predicted molar refractivity (Wildman–Crippen MR) is 136 cm³/mol. The lowest BCUT2D eigenvalue weighted by atomic mass is 10.1. The molecule has 0 aliphatic carbocycles. The molecule has 0 bridgehead atoms. The number of primary amides is 2. The Kier molecular flexibility index (Phi) is 13.4. The molecule has 1 aromatic heterocycles. The van der Waals surface area contributed by atoms with Crippen molar-refractivity contribution in [1.29, 1.82) is 0 Å². The first-order valence-corrected chi connectivity index (χ1v) is 11.8. The minimum Gasteiger partial charge on any atom is -0.480 e. The van der Waals surface area contributed by atoms with Gasteiger partial charge >= 0.3 is 5.97 Å². The highest BCUT2D eigenvalue weighted by Crippen LogP contribution is 2.05. The highest BCUT2D eigenvalue weighted by Gasteiger charge is 2.31. The number of carboxylic acids is 1. The summed E-state index contributed by atoms with van der Waals surface area (Å²) >= 11 is 0. The van der Waals surface area contributed by atoms with Crippen LogP contribution in [0.25, 0.3) is 0 Å². The number of carbonyl (C=O) groups is 6. The van der Waals surface area contributed by atoms with E-state index in [4.69, 9.17) is 28.7 Å². The van der Waals surface area contributed by atoms with Crippen LogP contribution in [0.3, 0.4) is 0 Å². The number of aliphatic imine (C=N–C) groups is 1. The summed E-state index contributed by atoms with van der Waals surface area (Å²) in [6.07, 6.45) is 1.79. The van der Waals surface area contributed by atoms with Gasteiger partial charge in [-0.05, 0) is 19.3 Å². The van der Waals surface area contributed by atoms with Gasteiger partial charge in [-0.25, -0.2) is 9.78 Å². The molecule has 5 amide bonds. The second-order valence-corrected chi connectivity index (χ2v) is 8.53. The third kappa shape index (κ3) is 12.9. The summed E-state index contributed by atoms with van der Waals surface area (Å²) in [5, 5.41) is 16.3. The van der Waals surface area contributed by atoms with Gasteiger partial charge in [0.2, 0.25) is 29.5 Å². The molecule has 1 aromatic rings. The topological polar surface area (TPSA) is 330 Å². The molecule has 18 nitrogen and oxygen atoms in total. The van der Waals surface area contributed by atoms with Crippen LogP contribution in [0.4, 0.5) is 0 Å². The minimum absolute atomic E-state index is 0.0500. The van der Waals surface area contributed by atoms with Crippen molar-refractivity contribution in [3.63, 3.8) is 0 Å². The van der Waals surface area contributed by atoms with Crippen molar-refractivity contribution in [3.8, 4) is 0 Å². The fraction of sp³-hybridized carbons (Fsp3) is 0.524. The highest BCUT2D eigenvalue weighted by molar-refractivity contribution is 5.96. The number of guanidine groups is 1. The Balaban J connectivity index is 3.02. The lowest BCUT2D eigenvalue weighted by Crippen LogP contribution is -2.58. The number of H-pyrrole nitrogens is 1. The normalized spacial score (nSPS) is 13.7. The average Bonchev–Trinajstić information content (AvgIpc) is 3.35. The van der Waals surface area contributed by atoms with Crippen LogP contribution in [0.2, 0.25) is 0 Å². The number of aliphatic carboxylic acids is 1. The summed E-state index contributed by atoms with van der Waals surface area (Å²) in [6.45, 7) is 0.0793. The summed E-state index contributed by atoms with van der Waals surface area (Å²) in [4.78, 5) is 83.1. The lowest BCUT2D eigenvalue weighted by Gasteiger charge is -2.24. The maximum Gasteiger partial charge on any atom is 0.326 e. The Hall–Kier alpha value is -4.74. The highest BCUT2D eigenvalue weighted by atomic mass is 16.4. The van der Waals surface area contributed by atoms with E-state index in [-0.39, 0.29) is 44.6 Å². The zero-order chi connectivity index (χ0) is 29.5. The molecule has 0 saturated heterocycles. The van der Waals surface area contributed by atoms with Crippen molar-refractivity contribution in [3.05, 3.63) is 18.2 Å². The van der Waals surface area contributed by atoms with Gasteiger partial charge in [-0.1, -0.05) is 0 Å². The van der Waals surface area contributed by atoms with Crippen LogP contribution in [0.15, 0.2) is 17.5 Å². The van der Waals surface area contributed by atoms with Gasteiger partial charge in [0.05, 0.1) is 18.8 Å². The van der Waals surface area contributed by atoms with Crippen LogP contribution < -0.4 is 44.6 Å². The quantitative estimate of drug-likeness (QED) is 0.0466. The summed E-state index contributed by atoms with van der Waals surface area (Å²) < 4.78 is 0. The Morgan fingerprint density at radius 1 is 0.897 bits per heavy atom. The molecule has 0 fully saturated rings. The molecule has 1 rings (SSSR count). The molecule has 0 aromatic carbocycles. The number of nitrogens with two attached hydrogens (primary N) is 5. The van der Waals surface area contributed by atoms with E-state index in [1.165, 1.54) is 12.5 Å². The number of amides is 5. The van der Waals surface area contributed by atoms with Gasteiger partial charge in [-0.15, -0.1) is 0 Å². The van der Waals surface area contributed by atoms with E-state index >= 15 is 0 Å². The molecule has 4 atom stereocenters. The van der Waals surface area contributed by atoms with Crippen molar-refractivity contribution in [2.24, 2.45) is 33.7 Å². The van der Waals surface area contributed by atoms with Gasteiger partial charge in [0.25, 0.3) is 0 Å². The zero-order valence-corrected chi connectivity index (χ0v) is 21.1. The summed E-state index contributed by atoms with van der Waals surface area (Å²) in [7, 11) is 0. The second-order valence-electron chi connectivity index (χ2n) is 8.53. The number of hydrogen-bond donors (Lipinski definition) is 10. The van der Waals surface area contributed by atoms with Crippen molar-refractivity contribution < 1.29 is 33.9 Å². The van der Waals surface area contributed by atoms with Crippen LogP contribution >= 0.6 is 0 Å². The van der Waals surface area contributed by atoms with E-state index in [2.05, 4.69) is 30.9 Å². The minimum atomic E-state index is -1.50. The van der Waals surface area contributed by atoms with Gasteiger partial charge in [0.15, 0.2) is 5.96 Å². The fourth-order valence-electron chi connectivity index (χ4n) is 3.28. The molecule has 4 unspecified atom stereocenters. The van der Waals surface area contributed by atoms with E-state index in [1.807, 2.05) is 0 Å². The van der Waals surface area contributed by atoms with Crippen LogP contribution in [0, 0.1) is 0 Å². The molecular formula is C21H35N11O7. The Morgan fingerprint density at radius 2 is 1.51 bits per heavy atom. The molecule has 0 aliphatic heterocycles. The Morgan fingerprint density at radius 3 is 2.05 bits per heavy atom. The molecular weight excluding hydrogens is 518 g/mol. The first-order chi connectivity index (χ1) is 18.3. The Bertz CT molecular complexity index is 1040. The maximum absolute atomic E-state index is 13.0. The molecule has 0 saturated carbocycles. The molecule has 15 N–H and O–H groups in total. The number of aromatic amines is 1. The zero-order valence-electron chi connectivity index (χ0n) is 21.1. The van der Waals surface area contributed by atoms with E-state index < -0.39 is 66.1 Å². The summed E-state index contributed by atoms with van der Waals surface area (Å²) in [5.41, 5.74) is 27.3. The molecule has 39 heavy (non-hydrogen) atoms. The standard InChI is InChI=1S/C21H35N11O7/c22-11(6-10-8-27-9-29-10)17(35)32-14(7-16(24)34)19(37)30-12(2-1-5-28-21(25)26)18(36)31-13(20(38)39)3-4-15(23)33/h8-9,11-14H,1-7,22H2,(H2,23,33)(H2,24,34)(H,27,29)(H,30,37)(H,31,36)(H,32,35)(H,38,39)(H4,25,26,28). The second kappa shape index (κ2) is 16.2. The van der Waals surface area contributed by atoms with Gasteiger partial charge in [-0.2, -0.15) is 0 Å². The molecule has 0 aliphatic rings. The number of carboxylic acid groups (broad SMARTS) is 1. The predicted octanol–water partition coefficient (Wildman–Crippen LogP) is -4.99. The summed E-state index contributed by atoms with van der Waals surface area (Å²) in [5.74, 6) is -5.98. The van der Waals surface area contributed by atoms with Crippen molar-refractivity contribution in [2.75, 3.05) is 6.54 Å². The molecule has 18 heteroatoms. The largest absolute Gasteiger partial charge is 0.480 e. The van der Waals surface area contributed by atoms with E-state index in [9.17, 15) is 33.9 Å². The number of nitrogens with one attached hydrogen (secondary N) is 4. The van der Waals surface area contributed by atoms with Gasteiger partial charge in [0, 0.05) is 31.3 Å². The third-order valence-corrected chi connectivity index (χ3v) is 5.24. The van der Waals surface area contributed by atoms with E-state index in [1.54, 1.807) is 0 Å². The number of nitrogens with zero attached hydrogens (tertiary/aromatic N) is 2. The van der Waals surface area contributed by atoms with Crippen molar-refractivity contribution in [2.45, 2.75) is 62.7 Å². The first-order valence-electron chi connectivity index (χ1n) is 11.8. The number of rotatable bonds is 18. The Labute approximate surface area is 222 Å². The number of aromatic nitrogens is 2. The SMILES string of the molecule is NC(=O)CCC(NC(=O)C(CCCN=C(N)N)NC(=O)C(CC(N)=O)NC(=O)C(N)Cc1cnc[nH]1)C(=O)O. The monoisotopic (exact) mass is 553 g/mol. The average molecular weight is 554 g/mol. The first kappa shape index (κ1) is 32.3. The molecule has 0 radical (unpaired) electrons. The summed E-state index contributed by atoms with van der Waals surface area (Å²) in [6, 6.07) is -5.44. The van der Waals surface area contributed by atoms with Gasteiger partial charge < -0.3 is 54.7 Å². The maximum atomic E-state index is 13.0. The van der Waals surface area contributed by atoms with E-state index in [0.29, 0.717) is 5.69 Å².